The van der Waals surface area contributed by atoms with Gasteiger partial charge in [0.15, 0.2) is 6.10 Å². The van der Waals surface area contributed by atoms with Gasteiger partial charge in [0, 0.05) is 0 Å². The van der Waals surface area contributed by atoms with E-state index >= 15 is 0 Å². The Morgan fingerprint density at radius 1 is 1.36 bits per heavy atom. The lowest BCUT2D eigenvalue weighted by Crippen LogP contribution is -2.29. The fourth-order valence-electron chi connectivity index (χ4n) is 3.49. The Kier molecular flexibility index (Phi) is 1.69. The van der Waals surface area contributed by atoms with Crippen LogP contribution in [0.15, 0.2) is 0 Å². The van der Waals surface area contributed by atoms with Crippen molar-refractivity contribution in [3.63, 3.8) is 0 Å². The van der Waals surface area contributed by atoms with Gasteiger partial charge in [-0.15, -0.1) is 0 Å². The number of rotatable bonds is 1. The maximum atomic E-state index is 11.3. The van der Waals surface area contributed by atoms with Gasteiger partial charge in [0.25, 0.3) is 0 Å². The number of carbonyl (C=O) groups excluding carboxylic acids is 1. The Hall–Kier alpha value is -0.570. The zero-order valence-corrected chi connectivity index (χ0v) is 8.49. The minimum Gasteiger partial charge on any atom is -0.467 e. The highest BCUT2D eigenvalue weighted by Crippen LogP contribution is 2.57. The van der Waals surface area contributed by atoms with E-state index < -0.39 is 0 Å². The van der Waals surface area contributed by atoms with E-state index in [0.29, 0.717) is 0 Å². The summed E-state index contributed by atoms with van der Waals surface area (Å²) in [7, 11) is 1.44. The van der Waals surface area contributed by atoms with Gasteiger partial charge in [-0.1, -0.05) is 12.8 Å². The van der Waals surface area contributed by atoms with Gasteiger partial charge >= 0.3 is 5.97 Å². The van der Waals surface area contributed by atoms with Crippen LogP contribution in [0, 0.1) is 11.8 Å². The maximum Gasteiger partial charge on any atom is 0.338 e. The van der Waals surface area contributed by atoms with Gasteiger partial charge in [-0.25, -0.2) is 4.79 Å². The molecule has 0 amide bonds. The molecule has 1 spiro atoms. The summed E-state index contributed by atoms with van der Waals surface area (Å²) in [6.45, 7) is 0. The van der Waals surface area contributed by atoms with Crippen molar-refractivity contribution < 1.29 is 14.3 Å². The largest absolute Gasteiger partial charge is 0.467 e. The van der Waals surface area contributed by atoms with Crippen molar-refractivity contribution in [3.8, 4) is 0 Å². The molecule has 0 aromatic heterocycles. The Bertz CT molecular complexity index is 262. The molecule has 2 aliphatic carbocycles. The van der Waals surface area contributed by atoms with Crippen molar-refractivity contribution in [1.29, 1.82) is 0 Å². The van der Waals surface area contributed by atoms with Gasteiger partial charge in [-0.05, 0) is 31.1 Å². The molecule has 0 radical (unpaired) electrons. The number of esters is 1. The molecule has 0 aromatic carbocycles. The van der Waals surface area contributed by atoms with Gasteiger partial charge in [-0.2, -0.15) is 0 Å². The first-order chi connectivity index (χ1) is 6.73. The van der Waals surface area contributed by atoms with Gasteiger partial charge < -0.3 is 9.47 Å². The summed E-state index contributed by atoms with van der Waals surface area (Å²) in [5, 5.41) is 0. The van der Waals surface area contributed by atoms with Crippen LogP contribution in [0.2, 0.25) is 0 Å². The van der Waals surface area contributed by atoms with Crippen molar-refractivity contribution in [1.82, 2.24) is 0 Å². The van der Waals surface area contributed by atoms with E-state index in [2.05, 4.69) is 0 Å². The smallest absolute Gasteiger partial charge is 0.338 e. The van der Waals surface area contributed by atoms with Crippen molar-refractivity contribution in [2.24, 2.45) is 11.8 Å². The average Bonchev–Trinajstić information content (AvgIpc) is 2.75. The average molecular weight is 196 g/mol. The zero-order chi connectivity index (χ0) is 9.76. The Balaban J connectivity index is 1.73. The normalized spacial score (nSPS) is 49.4. The number of epoxide rings is 1. The van der Waals surface area contributed by atoms with Crippen LogP contribution in [0.25, 0.3) is 0 Å². The van der Waals surface area contributed by atoms with Crippen LogP contribution in [0.3, 0.4) is 0 Å². The van der Waals surface area contributed by atoms with Gasteiger partial charge in [0.1, 0.15) is 5.60 Å². The molecule has 78 valence electrons. The summed E-state index contributed by atoms with van der Waals surface area (Å²) in [5.74, 6) is 1.44. The Morgan fingerprint density at radius 3 is 2.57 bits per heavy atom. The van der Waals surface area contributed by atoms with Crippen LogP contribution in [-0.2, 0) is 14.3 Å². The Morgan fingerprint density at radius 2 is 2.00 bits per heavy atom. The number of ether oxygens (including phenoxy) is 2. The molecule has 3 nitrogen and oxygen atoms in total. The number of hydrogen-bond donors (Lipinski definition) is 0. The molecule has 3 fully saturated rings. The second kappa shape index (κ2) is 2.72. The molecule has 1 heterocycles. The third kappa shape index (κ3) is 1.11. The van der Waals surface area contributed by atoms with Crippen molar-refractivity contribution in [2.75, 3.05) is 7.11 Å². The molecular formula is C11H16O3. The predicted octanol–water partition coefficient (Wildman–Crippen LogP) is 1.51. The summed E-state index contributed by atoms with van der Waals surface area (Å²) in [4.78, 5) is 11.3. The lowest BCUT2D eigenvalue weighted by Gasteiger charge is -2.24. The third-order valence-corrected chi connectivity index (χ3v) is 4.11. The number of hydrogen-bond acceptors (Lipinski definition) is 3. The second-order valence-electron chi connectivity index (χ2n) is 5.04. The molecule has 3 atom stereocenters. The molecule has 2 saturated carbocycles. The molecule has 3 aliphatic rings. The molecule has 0 N–H and O–H groups in total. The minimum absolute atomic E-state index is 0.100. The molecule has 2 bridgehead atoms. The number of methoxy groups -OCH3 is 1. The lowest BCUT2D eigenvalue weighted by atomic mass is 9.79. The van der Waals surface area contributed by atoms with Crippen LogP contribution in [-0.4, -0.2) is 24.8 Å². The first-order valence-electron chi connectivity index (χ1n) is 5.49. The van der Waals surface area contributed by atoms with Crippen LogP contribution >= 0.6 is 0 Å². The molecule has 0 aromatic rings. The van der Waals surface area contributed by atoms with E-state index in [1.54, 1.807) is 0 Å². The fraction of sp³-hybridized carbons (Fsp3) is 0.909. The quantitative estimate of drug-likeness (QED) is 0.471. The third-order valence-electron chi connectivity index (χ3n) is 4.11. The molecule has 1 saturated heterocycles. The zero-order valence-electron chi connectivity index (χ0n) is 8.49. The monoisotopic (exact) mass is 196 g/mol. The minimum atomic E-state index is -0.240. The molecule has 3 unspecified atom stereocenters. The van der Waals surface area contributed by atoms with E-state index in [1.165, 1.54) is 26.4 Å². The van der Waals surface area contributed by atoms with E-state index in [4.69, 9.17) is 9.47 Å². The molecule has 14 heavy (non-hydrogen) atoms. The highest BCUT2D eigenvalue weighted by atomic mass is 16.7. The van der Waals surface area contributed by atoms with Gasteiger partial charge in [-0.3, -0.25) is 0 Å². The van der Waals surface area contributed by atoms with E-state index in [-0.39, 0.29) is 17.7 Å². The first kappa shape index (κ1) is 8.72. The highest BCUT2D eigenvalue weighted by molar-refractivity contribution is 5.79. The van der Waals surface area contributed by atoms with Crippen LogP contribution in [0.5, 0.6) is 0 Å². The topological polar surface area (TPSA) is 38.8 Å². The highest BCUT2D eigenvalue weighted by Gasteiger charge is 2.64. The molecule has 3 heteroatoms. The predicted molar refractivity (Wildman–Crippen MR) is 49.7 cm³/mol. The van der Waals surface area contributed by atoms with Crippen LogP contribution < -0.4 is 0 Å². The molecule has 3 rings (SSSR count). The fourth-order valence-corrected chi connectivity index (χ4v) is 3.49. The van der Waals surface area contributed by atoms with Gasteiger partial charge in [0.2, 0.25) is 0 Å². The van der Waals surface area contributed by atoms with Crippen LogP contribution in [0.4, 0.5) is 0 Å². The molecule has 1 aliphatic heterocycles. The summed E-state index contributed by atoms with van der Waals surface area (Å²) >= 11 is 0. The number of carbonyl (C=O) groups is 1. The standard InChI is InChI=1S/C11H16O3/c1-13-10(12)9-11(14-9)5-7-2-3-8(4-7)6-11/h7-9H,2-6H2,1H3. The first-order valence-corrected chi connectivity index (χ1v) is 5.49. The van der Waals surface area contributed by atoms with E-state index in [1.807, 2.05) is 0 Å². The summed E-state index contributed by atoms with van der Waals surface area (Å²) < 4.78 is 10.3. The van der Waals surface area contributed by atoms with Gasteiger partial charge in [0.05, 0.1) is 7.11 Å². The number of fused-ring (bicyclic) bond motifs is 2. The molecular weight excluding hydrogens is 180 g/mol. The SMILES string of the molecule is COC(=O)C1OC12CC1CCC(C1)C2. The summed E-state index contributed by atoms with van der Waals surface area (Å²) in [6, 6.07) is 0. The van der Waals surface area contributed by atoms with Crippen molar-refractivity contribution in [3.05, 3.63) is 0 Å². The van der Waals surface area contributed by atoms with Crippen LogP contribution in [0.1, 0.15) is 32.1 Å². The maximum absolute atomic E-state index is 11.3. The van der Waals surface area contributed by atoms with E-state index in [9.17, 15) is 4.79 Å². The Labute approximate surface area is 83.8 Å². The second-order valence-corrected chi connectivity index (χ2v) is 5.04. The van der Waals surface area contributed by atoms with Crippen molar-refractivity contribution in [2.45, 2.75) is 43.8 Å². The summed E-state index contributed by atoms with van der Waals surface area (Å²) in [6.07, 6.45) is 5.97. The lowest BCUT2D eigenvalue weighted by molar-refractivity contribution is -0.142. The summed E-state index contributed by atoms with van der Waals surface area (Å²) in [5.41, 5.74) is -0.100. The van der Waals surface area contributed by atoms with Crippen molar-refractivity contribution >= 4 is 5.97 Å². The van der Waals surface area contributed by atoms with E-state index in [0.717, 1.165) is 24.7 Å².